The van der Waals surface area contributed by atoms with Gasteiger partial charge < -0.3 is 30.9 Å². The first-order valence-corrected chi connectivity index (χ1v) is 12.7. The van der Waals surface area contributed by atoms with Gasteiger partial charge in [0, 0.05) is 12.6 Å². The number of nitrogens with one attached hydrogen (secondary N) is 3. The van der Waals surface area contributed by atoms with E-state index in [1.807, 2.05) is 18.2 Å². The van der Waals surface area contributed by atoms with Crippen LogP contribution < -0.4 is 26.8 Å². The summed E-state index contributed by atoms with van der Waals surface area (Å²) in [6.07, 6.45) is 1.27. The number of methoxy groups -OCH3 is 1. The Morgan fingerprint density at radius 3 is 2.67 bits per heavy atom. The van der Waals surface area contributed by atoms with Gasteiger partial charge in [-0.25, -0.2) is 29.0 Å². The van der Waals surface area contributed by atoms with E-state index in [4.69, 9.17) is 15.2 Å². The van der Waals surface area contributed by atoms with Gasteiger partial charge in [0.2, 0.25) is 0 Å². The standard InChI is InChI=1S/C18H15N5O6.C9H10N2O2.ClH/c1-29-16(27)9-2-4-10-8(6-9)3-5-11(10)19-14(24)12-7-13(15(25)26)23-17(20-12)21-18(28)22-23;10-4-6-1-2-8-7(3-6)11-9(12)5-13-8;/h2,4,6-7,11H,3,5H2,1H3,(H,19,24)(H,22,28)(H,25,26);1-3H,4-5,10H2,(H,11,12);1H/t11-;;/m0../s1. The van der Waals surface area contributed by atoms with Crippen molar-refractivity contribution in [2.45, 2.75) is 25.4 Å². The molecule has 2 aromatic heterocycles. The topological polar surface area (TPSA) is 220 Å². The smallest absolute Gasteiger partial charge is 0.363 e. The number of carbonyl (C=O) groups is 4. The highest BCUT2D eigenvalue weighted by Gasteiger charge is 2.27. The van der Waals surface area contributed by atoms with E-state index in [9.17, 15) is 29.1 Å². The molecule has 1 atom stereocenters. The van der Waals surface area contributed by atoms with Gasteiger partial charge in [0.15, 0.2) is 12.3 Å². The van der Waals surface area contributed by atoms with Crippen LogP contribution in [0.15, 0.2) is 47.3 Å². The molecule has 0 bridgehead atoms. The van der Waals surface area contributed by atoms with Crippen LogP contribution in [0.3, 0.4) is 0 Å². The summed E-state index contributed by atoms with van der Waals surface area (Å²) in [6, 6.07) is 11.4. The fraction of sp³-hybridized carbons (Fsp3) is 0.222. The molecule has 0 fully saturated rings. The predicted octanol–water partition coefficient (Wildman–Crippen LogP) is 1.22. The number of aromatic amines is 1. The highest BCUT2D eigenvalue weighted by molar-refractivity contribution is 5.96. The number of H-pyrrole nitrogens is 1. The van der Waals surface area contributed by atoms with E-state index in [0.29, 0.717) is 36.4 Å². The van der Waals surface area contributed by atoms with E-state index in [-0.39, 0.29) is 48.1 Å². The largest absolute Gasteiger partial charge is 0.482 e. The van der Waals surface area contributed by atoms with Crippen molar-refractivity contribution < 1.29 is 33.8 Å². The van der Waals surface area contributed by atoms with Crippen LogP contribution in [0, 0.1) is 0 Å². The molecule has 0 unspecified atom stereocenters. The summed E-state index contributed by atoms with van der Waals surface area (Å²) in [5.74, 6) is -2.01. The lowest BCUT2D eigenvalue weighted by molar-refractivity contribution is -0.118. The highest BCUT2D eigenvalue weighted by Crippen LogP contribution is 2.32. The van der Waals surface area contributed by atoms with Gasteiger partial charge in [-0.15, -0.1) is 12.4 Å². The first kappa shape index (κ1) is 30.7. The summed E-state index contributed by atoms with van der Waals surface area (Å²) >= 11 is 0. The molecule has 3 heterocycles. The Morgan fingerprint density at radius 1 is 1.16 bits per heavy atom. The summed E-state index contributed by atoms with van der Waals surface area (Å²) in [5, 5.41) is 17.1. The molecule has 16 heteroatoms. The molecule has 2 amide bonds. The van der Waals surface area contributed by atoms with E-state index in [0.717, 1.165) is 27.3 Å². The van der Waals surface area contributed by atoms with Gasteiger partial charge in [-0.1, -0.05) is 12.1 Å². The van der Waals surface area contributed by atoms with Gasteiger partial charge in [0.1, 0.15) is 11.4 Å². The van der Waals surface area contributed by atoms with Crippen molar-refractivity contribution in [1.82, 2.24) is 24.9 Å². The third kappa shape index (κ3) is 6.47. The van der Waals surface area contributed by atoms with Gasteiger partial charge in [-0.05, 0) is 53.8 Å². The minimum absolute atomic E-state index is 0. The van der Waals surface area contributed by atoms with Gasteiger partial charge in [0.25, 0.3) is 17.6 Å². The number of aryl methyl sites for hydroxylation is 1. The first-order chi connectivity index (χ1) is 20.2. The zero-order valence-corrected chi connectivity index (χ0v) is 23.4. The third-order valence-corrected chi connectivity index (χ3v) is 6.66. The Kier molecular flexibility index (Phi) is 9.06. The normalized spacial score (nSPS) is 14.6. The minimum atomic E-state index is -1.35. The molecule has 4 aromatic rings. The van der Waals surface area contributed by atoms with Crippen LogP contribution >= 0.6 is 12.4 Å². The van der Waals surface area contributed by atoms with Crippen molar-refractivity contribution in [2.24, 2.45) is 5.73 Å². The Balaban J connectivity index is 0.000000253. The van der Waals surface area contributed by atoms with Gasteiger partial charge in [0.05, 0.1) is 24.4 Å². The fourth-order valence-electron chi connectivity index (χ4n) is 4.66. The van der Waals surface area contributed by atoms with Crippen molar-refractivity contribution in [3.8, 4) is 5.75 Å². The number of carbonyl (C=O) groups excluding carboxylic acids is 3. The number of benzene rings is 2. The SMILES string of the molecule is COC(=O)c1ccc2c(c1)CC[C@@H]2NC(=O)c1cc(C(=O)O)n2[nH]c(=O)nc2n1.Cl.NCc1ccc2c(c1)NC(=O)CO2. The Labute approximate surface area is 248 Å². The third-order valence-electron chi connectivity index (χ3n) is 6.66. The highest BCUT2D eigenvalue weighted by atomic mass is 35.5. The molecule has 1 aliphatic carbocycles. The number of aromatic carboxylic acids is 1. The molecule has 0 spiro atoms. The van der Waals surface area contributed by atoms with Crippen LogP contribution in [0.25, 0.3) is 5.78 Å². The van der Waals surface area contributed by atoms with E-state index < -0.39 is 23.5 Å². The zero-order chi connectivity index (χ0) is 30.0. The number of anilines is 1. The molecule has 2 aliphatic rings. The summed E-state index contributed by atoms with van der Waals surface area (Å²) in [6.45, 7) is 0.554. The van der Waals surface area contributed by atoms with Gasteiger partial charge in [-0.3, -0.25) is 9.59 Å². The quantitative estimate of drug-likeness (QED) is 0.202. The number of hydrogen-bond acceptors (Lipinski definition) is 10. The average molecular weight is 612 g/mol. The Bertz CT molecular complexity index is 1800. The summed E-state index contributed by atoms with van der Waals surface area (Å²) in [5.41, 5.74) is 8.07. The lowest BCUT2D eigenvalue weighted by atomic mass is 10.0. The molecule has 0 saturated carbocycles. The molecule has 6 N–H and O–H groups in total. The maximum atomic E-state index is 12.7. The molecule has 224 valence electrons. The molecule has 1 aliphatic heterocycles. The average Bonchev–Trinajstić information content (AvgIpc) is 3.57. The Morgan fingerprint density at radius 2 is 1.95 bits per heavy atom. The zero-order valence-electron chi connectivity index (χ0n) is 22.6. The second kappa shape index (κ2) is 12.7. The van der Waals surface area contributed by atoms with Crippen molar-refractivity contribution in [3.05, 3.63) is 86.6 Å². The molecule has 0 saturated heterocycles. The van der Waals surface area contributed by atoms with Crippen molar-refractivity contribution in [1.29, 1.82) is 0 Å². The van der Waals surface area contributed by atoms with Crippen LogP contribution in [0.5, 0.6) is 5.75 Å². The summed E-state index contributed by atoms with van der Waals surface area (Å²) < 4.78 is 10.8. The van der Waals surface area contributed by atoms with E-state index >= 15 is 0 Å². The molecule has 2 aromatic carbocycles. The molecule has 43 heavy (non-hydrogen) atoms. The van der Waals surface area contributed by atoms with Crippen LogP contribution in [-0.2, 0) is 22.5 Å². The fourth-order valence-corrected chi connectivity index (χ4v) is 4.66. The second-order valence-corrected chi connectivity index (χ2v) is 9.34. The molecule has 6 rings (SSSR count). The number of hydrogen-bond donors (Lipinski definition) is 5. The number of ether oxygens (including phenoxy) is 2. The second-order valence-electron chi connectivity index (χ2n) is 9.34. The van der Waals surface area contributed by atoms with E-state index in [2.05, 4.69) is 25.7 Å². The summed E-state index contributed by atoms with van der Waals surface area (Å²) in [4.78, 5) is 65.7. The number of carboxylic acids is 1. The van der Waals surface area contributed by atoms with Crippen molar-refractivity contribution in [2.75, 3.05) is 19.0 Å². The monoisotopic (exact) mass is 611 g/mol. The molecular weight excluding hydrogens is 586 g/mol. The number of fused-ring (bicyclic) bond motifs is 3. The van der Waals surface area contributed by atoms with Crippen LogP contribution in [0.4, 0.5) is 5.69 Å². The molecule has 15 nitrogen and oxygen atoms in total. The van der Waals surface area contributed by atoms with Crippen LogP contribution in [-0.4, -0.2) is 62.2 Å². The number of esters is 1. The number of nitrogens with two attached hydrogens (primary N) is 1. The number of rotatable bonds is 5. The maximum Gasteiger partial charge on any atom is 0.363 e. The van der Waals surface area contributed by atoms with Gasteiger partial charge in [-0.2, -0.15) is 4.98 Å². The van der Waals surface area contributed by atoms with Crippen LogP contribution in [0.1, 0.15) is 60.5 Å². The summed E-state index contributed by atoms with van der Waals surface area (Å²) in [7, 11) is 1.31. The first-order valence-electron chi connectivity index (χ1n) is 12.7. The van der Waals surface area contributed by atoms with Crippen molar-refractivity contribution >= 4 is 47.6 Å². The molecule has 0 radical (unpaired) electrons. The molecular formula is C27H26ClN7O8. The number of amides is 2. The van der Waals surface area contributed by atoms with Crippen molar-refractivity contribution in [3.63, 3.8) is 0 Å². The Hall–Kier alpha value is -5.28. The van der Waals surface area contributed by atoms with Crippen LogP contribution in [0.2, 0.25) is 0 Å². The van der Waals surface area contributed by atoms with Gasteiger partial charge >= 0.3 is 17.6 Å². The lowest BCUT2D eigenvalue weighted by Crippen LogP contribution is -2.28. The number of halogens is 1. The minimum Gasteiger partial charge on any atom is -0.482 e. The maximum absolute atomic E-state index is 12.7. The van der Waals surface area contributed by atoms with E-state index in [1.165, 1.54) is 7.11 Å². The number of nitrogens with zero attached hydrogens (tertiary/aromatic N) is 3. The van der Waals surface area contributed by atoms with E-state index in [1.54, 1.807) is 18.2 Å². The number of carboxylic acid groups (broad SMARTS) is 1. The predicted molar refractivity (Wildman–Crippen MR) is 153 cm³/mol. The lowest BCUT2D eigenvalue weighted by Gasteiger charge is -2.18. The number of aromatic nitrogens is 4.